The molecule has 0 aromatic heterocycles. The highest BCUT2D eigenvalue weighted by molar-refractivity contribution is 5.51. The standard InChI is InChI=1S/C12H14F6N2/c1-20(5-4-11(13,14)15)9-3-2-8(7-19)10(6-9)12(16,17)18/h2-3,6H,4-5,7,19H2,1H3. The zero-order chi connectivity index (χ0) is 15.6. The largest absolute Gasteiger partial charge is 0.416 e. The lowest BCUT2D eigenvalue weighted by atomic mass is 10.1. The van der Waals surface area contributed by atoms with Gasteiger partial charge in [0.2, 0.25) is 0 Å². The van der Waals surface area contributed by atoms with Crippen molar-refractivity contribution in [3.63, 3.8) is 0 Å². The molecular weight excluding hydrogens is 286 g/mol. The maximum atomic E-state index is 12.8. The minimum absolute atomic E-state index is 0.0683. The van der Waals surface area contributed by atoms with E-state index in [2.05, 4.69) is 0 Å². The van der Waals surface area contributed by atoms with Crippen LogP contribution in [-0.4, -0.2) is 19.8 Å². The minimum Gasteiger partial charge on any atom is -0.374 e. The lowest BCUT2D eigenvalue weighted by molar-refractivity contribution is -0.138. The number of alkyl halides is 6. The molecule has 0 aliphatic rings. The van der Waals surface area contributed by atoms with Gasteiger partial charge < -0.3 is 10.6 Å². The van der Waals surface area contributed by atoms with Gasteiger partial charge in [0.1, 0.15) is 0 Å². The van der Waals surface area contributed by atoms with Crippen LogP contribution in [0.15, 0.2) is 18.2 Å². The summed E-state index contributed by atoms with van der Waals surface area (Å²) < 4.78 is 74.7. The second-order valence-electron chi connectivity index (χ2n) is 4.33. The van der Waals surface area contributed by atoms with E-state index in [-0.39, 0.29) is 17.8 Å². The highest BCUT2D eigenvalue weighted by Gasteiger charge is 2.33. The van der Waals surface area contributed by atoms with Crippen molar-refractivity contribution in [2.75, 3.05) is 18.5 Å². The first kappa shape index (κ1) is 16.6. The zero-order valence-corrected chi connectivity index (χ0v) is 10.6. The molecule has 1 aromatic carbocycles. The molecule has 0 saturated carbocycles. The number of hydrogen-bond acceptors (Lipinski definition) is 2. The van der Waals surface area contributed by atoms with Crippen molar-refractivity contribution in [3.05, 3.63) is 29.3 Å². The van der Waals surface area contributed by atoms with E-state index in [1.807, 2.05) is 0 Å². The lowest BCUT2D eigenvalue weighted by Gasteiger charge is -2.22. The van der Waals surface area contributed by atoms with Crippen LogP contribution < -0.4 is 10.6 Å². The van der Waals surface area contributed by atoms with Crippen LogP contribution in [-0.2, 0) is 12.7 Å². The molecule has 8 heteroatoms. The molecule has 1 aromatic rings. The van der Waals surface area contributed by atoms with Crippen LogP contribution in [0.4, 0.5) is 32.0 Å². The zero-order valence-electron chi connectivity index (χ0n) is 10.6. The van der Waals surface area contributed by atoms with Crippen LogP contribution in [0.1, 0.15) is 17.5 Å². The number of anilines is 1. The first-order valence-electron chi connectivity index (χ1n) is 5.72. The molecule has 0 bridgehead atoms. The van der Waals surface area contributed by atoms with Gasteiger partial charge in [-0.15, -0.1) is 0 Å². The topological polar surface area (TPSA) is 29.3 Å². The van der Waals surface area contributed by atoms with E-state index in [1.165, 1.54) is 19.2 Å². The smallest absolute Gasteiger partial charge is 0.374 e. The minimum atomic E-state index is -4.59. The molecule has 0 aliphatic heterocycles. The van der Waals surface area contributed by atoms with Gasteiger partial charge in [0, 0.05) is 25.8 Å². The maximum absolute atomic E-state index is 12.8. The second-order valence-corrected chi connectivity index (χ2v) is 4.33. The van der Waals surface area contributed by atoms with Crippen molar-refractivity contribution in [2.45, 2.75) is 25.3 Å². The van der Waals surface area contributed by atoms with Gasteiger partial charge >= 0.3 is 12.4 Å². The molecule has 0 unspecified atom stereocenters. The Morgan fingerprint density at radius 2 is 1.70 bits per heavy atom. The summed E-state index contributed by atoms with van der Waals surface area (Å²) in [6, 6.07) is 3.33. The molecular formula is C12H14F6N2. The molecule has 0 fully saturated rings. The van der Waals surface area contributed by atoms with Gasteiger partial charge in [-0.05, 0) is 17.7 Å². The van der Waals surface area contributed by atoms with Crippen molar-refractivity contribution >= 4 is 5.69 Å². The summed E-state index contributed by atoms with van der Waals surface area (Å²) in [5, 5.41) is 0. The Labute approximate surface area is 112 Å². The summed E-state index contributed by atoms with van der Waals surface area (Å²) in [6.45, 7) is -0.704. The number of benzene rings is 1. The van der Waals surface area contributed by atoms with Gasteiger partial charge in [0.05, 0.1) is 12.0 Å². The predicted octanol–water partition coefficient (Wildman–Crippen LogP) is 3.55. The van der Waals surface area contributed by atoms with E-state index >= 15 is 0 Å². The predicted molar refractivity (Wildman–Crippen MR) is 63.3 cm³/mol. The Morgan fingerprint density at radius 3 is 2.15 bits per heavy atom. The van der Waals surface area contributed by atoms with Gasteiger partial charge in [0.15, 0.2) is 0 Å². The van der Waals surface area contributed by atoms with Crippen molar-refractivity contribution in [3.8, 4) is 0 Å². The summed E-state index contributed by atoms with van der Waals surface area (Å²) in [5.41, 5.74) is 4.28. The summed E-state index contributed by atoms with van der Waals surface area (Å²) in [7, 11) is 1.31. The molecule has 0 radical (unpaired) electrons. The van der Waals surface area contributed by atoms with Crippen LogP contribution in [0.3, 0.4) is 0 Å². The molecule has 1 rings (SSSR count). The molecule has 0 atom stereocenters. The summed E-state index contributed by atoms with van der Waals surface area (Å²) in [6.07, 6.45) is -10.0. The van der Waals surface area contributed by atoms with E-state index < -0.39 is 30.9 Å². The van der Waals surface area contributed by atoms with Crippen LogP contribution in [0.5, 0.6) is 0 Å². The summed E-state index contributed by atoms with van der Waals surface area (Å²) >= 11 is 0. The van der Waals surface area contributed by atoms with Crippen LogP contribution >= 0.6 is 0 Å². The molecule has 0 spiro atoms. The number of halogens is 6. The monoisotopic (exact) mass is 300 g/mol. The first-order valence-corrected chi connectivity index (χ1v) is 5.72. The quantitative estimate of drug-likeness (QED) is 0.862. The average molecular weight is 300 g/mol. The molecule has 2 N–H and O–H groups in total. The van der Waals surface area contributed by atoms with Gasteiger partial charge in [0.25, 0.3) is 0 Å². The van der Waals surface area contributed by atoms with Crippen LogP contribution in [0, 0.1) is 0 Å². The highest BCUT2D eigenvalue weighted by atomic mass is 19.4. The van der Waals surface area contributed by atoms with Crippen molar-refractivity contribution in [1.82, 2.24) is 0 Å². The normalized spacial score (nSPS) is 12.6. The van der Waals surface area contributed by atoms with E-state index in [1.54, 1.807) is 0 Å². The van der Waals surface area contributed by atoms with Crippen molar-refractivity contribution in [2.24, 2.45) is 5.73 Å². The van der Waals surface area contributed by atoms with Crippen LogP contribution in [0.25, 0.3) is 0 Å². The third-order valence-electron chi connectivity index (χ3n) is 2.79. The Morgan fingerprint density at radius 1 is 1.10 bits per heavy atom. The molecule has 0 saturated heterocycles. The van der Waals surface area contributed by atoms with Gasteiger partial charge in [-0.1, -0.05) is 6.07 Å². The summed E-state index contributed by atoms with van der Waals surface area (Å²) in [5.74, 6) is 0. The van der Waals surface area contributed by atoms with Gasteiger partial charge in [-0.3, -0.25) is 0 Å². The van der Waals surface area contributed by atoms with E-state index in [0.717, 1.165) is 11.0 Å². The molecule has 0 heterocycles. The Bertz CT molecular complexity index is 452. The molecule has 114 valence electrons. The fourth-order valence-corrected chi connectivity index (χ4v) is 1.67. The van der Waals surface area contributed by atoms with Crippen molar-refractivity contribution < 1.29 is 26.3 Å². The molecule has 0 amide bonds. The molecule has 20 heavy (non-hydrogen) atoms. The number of nitrogens with two attached hydrogens (primary N) is 1. The number of hydrogen-bond donors (Lipinski definition) is 1. The third-order valence-corrected chi connectivity index (χ3v) is 2.79. The highest BCUT2D eigenvalue weighted by Crippen LogP contribution is 2.34. The van der Waals surface area contributed by atoms with E-state index in [4.69, 9.17) is 5.73 Å². The lowest BCUT2D eigenvalue weighted by Crippen LogP contribution is -2.24. The second kappa shape index (κ2) is 5.90. The Kier molecular flexibility index (Phi) is 4.90. The van der Waals surface area contributed by atoms with Gasteiger partial charge in [-0.25, -0.2) is 0 Å². The molecule has 2 nitrogen and oxygen atoms in total. The summed E-state index contributed by atoms with van der Waals surface area (Å²) in [4.78, 5) is 1.13. The van der Waals surface area contributed by atoms with Gasteiger partial charge in [-0.2, -0.15) is 26.3 Å². The fourth-order valence-electron chi connectivity index (χ4n) is 1.67. The maximum Gasteiger partial charge on any atom is 0.416 e. The third kappa shape index (κ3) is 4.59. The van der Waals surface area contributed by atoms with E-state index in [9.17, 15) is 26.3 Å². The Hall–Kier alpha value is -1.44. The first-order chi connectivity index (χ1) is 9.04. The molecule has 0 aliphatic carbocycles. The Balaban J connectivity index is 2.97. The average Bonchev–Trinajstić information content (AvgIpc) is 2.33. The van der Waals surface area contributed by atoms with Crippen LogP contribution in [0.2, 0.25) is 0 Å². The van der Waals surface area contributed by atoms with E-state index in [0.29, 0.717) is 0 Å². The number of rotatable bonds is 4. The SMILES string of the molecule is CN(CCC(F)(F)F)c1ccc(CN)c(C(F)(F)F)c1. The fraction of sp³-hybridized carbons (Fsp3) is 0.500. The van der Waals surface area contributed by atoms with Crippen molar-refractivity contribution in [1.29, 1.82) is 0 Å². The number of nitrogens with zero attached hydrogens (tertiary/aromatic N) is 1.